The molecule has 0 aliphatic carbocycles. The molecule has 0 atom stereocenters. The molecule has 1 aromatic rings. The lowest BCUT2D eigenvalue weighted by atomic mass is 10.3. The molecule has 0 aliphatic heterocycles. The van der Waals surface area contributed by atoms with Gasteiger partial charge in [0, 0.05) is 6.54 Å². The molecule has 1 amide bonds. The van der Waals surface area contributed by atoms with Crippen molar-refractivity contribution in [2.45, 2.75) is 13.3 Å². The highest BCUT2D eigenvalue weighted by atomic mass is 16.5. The number of carbonyl (C=O) groups excluding carboxylic acids is 1. The maximum atomic E-state index is 11.4. The first kappa shape index (κ1) is 14.8. The van der Waals surface area contributed by atoms with Crippen LogP contribution >= 0.6 is 0 Å². The van der Waals surface area contributed by atoms with Crippen LogP contribution in [0.3, 0.4) is 0 Å². The van der Waals surface area contributed by atoms with Crippen LogP contribution in [-0.2, 0) is 4.79 Å². The summed E-state index contributed by atoms with van der Waals surface area (Å²) < 4.78 is 5.17. The fourth-order valence-corrected chi connectivity index (χ4v) is 1.40. The number of nitrogens with zero attached hydrogens (tertiary/aromatic N) is 1. The summed E-state index contributed by atoms with van der Waals surface area (Å²) in [5, 5.41) is 5.62. The first-order valence-corrected chi connectivity index (χ1v) is 6.14. The summed E-state index contributed by atoms with van der Waals surface area (Å²) >= 11 is 0. The van der Waals surface area contributed by atoms with Gasteiger partial charge in [0.1, 0.15) is 12.3 Å². The fourth-order valence-electron chi connectivity index (χ4n) is 1.40. The molecule has 0 aliphatic rings. The van der Waals surface area contributed by atoms with Gasteiger partial charge in [-0.05, 0) is 18.6 Å². The normalized spacial score (nSPS) is 10.9. The Balaban J connectivity index is 2.54. The molecule has 1 rings (SSSR count). The third kappa shape index (κ3) is 5.29. The van der Waals surface area contributed by atoms with Crippen molar-refractivity contribution in [3.05, 3.63) is 24.3 Å². The average Bonchev–Trinajstić information content (AvgIpc) is 2.43. The van der Waals surface area contributed by atoms with E-state index >= 15 is 0 Å². The van der Waals surface area contributed by atoms with E-state index in [1.807, 2.05) is 31.2 Å². The van der Waals surface area contributed by atoms with E-state index in [1.54, 1.807) is 7.11 Å². The first-order valence-electron chi connectivity index (χ1n) is 6.14. The van der Waals surface area contributed by atoms with Gasteiger partial charge in [-0.15, -0.1) is 0 Å². The first-order chi connectivity index (χ1) is 9.17. The van der Waals surface area contributed by atoms with E-state index in [2.05, 4.69) is 15.6 Å². The van der Waals surface area contributed by atoms with Gasteiger partial charge in [0.2, 0.25) is 5.91 Å². The van der Waals surface area contributed by atoms with E-state index in [0.29, 0.717) is 18.0 Å². The number of aliphatic imine (C=N–C) groups is 1. The van der Waals surface area contributed by atoms with Crippen LogP contribution in [0.5, 0.6) is 5.75 Å². The Bertz CT molecular complexity index is 446. The molecule has 1 aromatic carbocycles. The zero-order valence-corrected chi connectivity index (χ0v) is 11.3. The minimum atomic E-state index is -0.147. The summed E-state index contributed by atoms with van der Waals surface area (Å²) in [5.74, 6) is 0.693. The van der Waals surface area contributed by atoms with Gasteiger partial charge in [-0.2, -0.15) is 0 Å². The lowest BCUT2D eigenvalue weighted by Crippen LogP contribution is -2.29. The molecule has 6 heteroatoms. The monoisotopic (exact) mass is 264 g/mol. The number of methoxy groups -OCH3 is 1. The Kier molecular flexibility index (Phi) is 6.21. The third-order valence-corrected chi connectivity index (χ3v) is 2.33. The smallest absolute Gasteiger partial charge is 0.241 e. The zero-order valence-electron chi connectivity index (χ0n) is 11.3. The van der Waals surface area contributed by atoms with Gasteiger partial charge in [0.15, 0.2) is 5.96 Å². The van der Waals surface area contributed by atoms with Crippen LogP contribution in [0.2, 0.25) is 0 Å². The van der Waals surface area contributed by atoms with Gasteiger partial charge in [-0.1, -0.05) is 19.1 Å². The topological polar surface area (TPSA) is 88.7 Å². The average molecular weight is 264 g/mol. The van der Waals surface area contributed by atoms with Crippen LogP contribution in [0.4, 0.5) is 5.69 Å². The zero-order chi connectivity index (χ0) is 14.1. The number of nitrogens with one attached hydrogen (secondary N) is 2. The molecule has 0 saturated carbocycles. The number of para-hydroxylation sites is 2. The number of benzene rings is 1. The number of anilines is 1. The molecule has 0 unspecified atom stereocenters. The van der Waals surface area contributed by atoms with Crippen LogP contribution in [0.25, 0.3) is 0 Å². The summed E-state index contributed by atoms with van der Waals surface area (Å²) in [6.45, 7) is 2.64. The predicted molar refractivity (Wildman–Crippen MR) is 76.4 cm³/mol. The van der Waals surface area contributed by atoms with E-state index in [0.717, 1.165) is 6.42 Å². The van der Waals surface area contributed by atoms with E-state index in [1.165, 1.54) is 0 Å². The second-order valence-electron chi connectivity index (χ2n) is 3.88. The molecule has 104 valence electrons. The molecule has 6 nitrogen and oxygen atoms in total. The molecular formula is C13H20N4O2. The highest BCUT2D eigenvalue weighted by molar-refractivity contribution is 5.95. The minimum absolute atomic E-state index is 0.00792. The second kappa shape index (κ2) is 7.97. The van der Waals surface area contributed by atoms with Crippen molar-refractivity contribution in [1.29, 1.82) is 0 Å². The van der Waals surface area contributed by atoms with Crippen LogP contribution in [-0.4, -0.2) is 32.1 Å². The molecule has 4 N–H and O–H groups in total. The largest absolute Gasteiger partial charge is 0.495 e. The van der Waals surface area contributed by atoms with Crippen LogP contribution in [0, 0.1) is 0 Å². The van der Waals surface area contributed by atoms with Crippen LogP contribution in [0.15, 0.2) is 29.3 Å². The van der Waals surface area contributed by atoms with Gasteiger partial charge in [-0.25, -0.2) is 4.99 Å². The lowest BCUT2D eigenvalue weighted by Gasteiger charge is -2.10. The van der Waals surface area contributed by atoms with Gasteiger partial charge < -0.3 is 21.1 Å². The highest BCUT2D eigenvalue weighted by Crippen LogP contribution is 2.22. The lowest BCUT2D eigenvalue weighted by molar-refractivity contribution is -0.119. The van der Waals surface area contributed by atoms with Gasteiger partial charge in [0.05, 0.1) is 12.8 Å². The van der Waals surface area contributed by atoms with E-state index in [9.17, 15) is 4.79 Å². The number of carbonyl (C=O) groups is 1. The van der Waals surface area contributed by atoms with Crippen molar-refractivity contribution in [1.82, 2.24) is 5.32 Å². The van der Waals surface area contributed by atoms with Crippen LogP contribution < -0.4 is 21.1 Å². The Hall–Kier alpha value is -2.24. The molecule has 0 fully saturated rings. The maximum absolute atomic E-state index is 11.4. The molecular weight excluding hydrogens is 244 g/mol. The van der Waals surface area contributed by atoms with Crippen molar-refractivity contribution >= 4 is 17.6 Å². The summed E-state index contributed by atoms with van der Waals surface area (Å²) in [4.78, 5) is 15.3. The predicted octanol–water partition coefficient (Wildman–Crippen LogP) is 0.948. The molecule has 0 saturated heterocycles. The summed E-state index contributed by atoms with van der Waals surface area (Å²) in [6, 6.07) is 7.34. The Morgan fingerprint density at radius 3 is 2.84 bits per heavy atom. The molecule has 19 heavy (non-hydrogen) atoms. The van der Waals surface area contributed by atoms with Gasteiger partial charge in [0.25, 0.3) is 0 Å². The van der Waals surface area contributed by atoms with Crippen molar-refractivity contribution in [2.24, 2.45) is 10.7 Å². The second-order valence-corrected chi connectivity index (χ2v) is 3.88. The van der Waals surface area contributed by atoms with E-state index in [4.69, 9.17) is 10.5 Å². The van der Waals surface area contributed by atoms with Crippen molar-refractivity contribution < 1.29 is 9.53 Å². The minimum Gasteiger partial charge on any atom is -0.495 e. The number of guanidine groups is 1. The van der Waals surface area contributed by atoms with Crippen molar-refractivity contribution in [3.8, 4) is 5.75 Å². The van der Waals surface area contributed by atoms with E-state index in [-0.39, 0.29) is 18.4 Å². The summed E-state index contributed by atoms with van der Waals surface area (Å²) in [6.07, 6.45) is 0.893. The van der Waals surface area contributed by atoms with Crippen molar-refractivity contribution in [3.63, 3.8) is 0 Å². The molecule has 0 radical (unpaired) electrons. The third-order valence-electron chi connectivity index (χ3n) is 2.33. The maximum Gasteiger partial charge on any atom is 0.241 e. The number of nitrogens with two attached hydrogens (primary N) is 1. The standard InChI is InChI=1S/C13H20N4O2/c1-3-8-15-12(18)9-16-13(14)17-10-6-4-5-7-11(10)19-2/h4-7H,3,8-9H2,1-2H3,(H,15,18)(H3,14,16,17). The van der Waals surface area contributed by atoms with E-state index < -0.39 is 0 Å². The Morgan fingerprint density at radius 1 is 1.42 bits per heavy atom. The Labute approximate surface area is 113 Å². The number of ether oxygens (including phenoxy) is 1. The molecule has 0 bridgehead atoms. The van der Waals surface area contributed by atoms with Gasteiger partial charge >= 0.3 is 0 Å². The SMILES string of the molecule is CCCNC(=O)CN=C(N)Nc1ccccc1OC. The molecule has 0 spiro atoms. The highest BCUT2D eigenvalue weighted by Gasteiger charge is 2.03. The van der Waals surface area contributed by atoms with Crippen molar-refractivity contribution in [2.75, 3.05) is 25.5 Å². The summed E-state index contributed by atoms with van der Waals surface area (Å²) in [5.41, 5.74) is 6.42. The quantitative estimate of drug-likeness (QED) is 0.527. The fraction of sp³-hybridized carbons (Fsp3) is 0.385. The number of hydrogen-bond donors (Lipinski definition) is 3. The van der Waals surface area contributed by atoms with Crippen LogP contribution in [0.1, 0.15) is 13.3 Å². The molecule has 0 aromatic heterocycles. The Morgan fingerprint density at radius 2 is 2.16 bits per heavy atom. The molecule has 0 heterocycles. The number of rotatable bonds is 6. The number of amides is 1. The number of hydrogen-bond acceptors (Lipinski definition) is 3. The van der Waals surface area contributed by atoms with Gasteiger partial charge in [-0.3, -0.25) is 4.79 Å². The summed E-state index contributed by atoms with van der Waals surface area (Å²) in [7, 11) is 1.58.